The highest BCUT2D eigenvalue weighted by molar-refractivity contribution is 5.89. The average molecular weight is 789 g/mol. The third-order valence-electron chi connectivity index (χ3n) is 10.8. The number of ether oxygens (including phenoxy) is 2. The minimum atomic E-state index is -1.02. The highest BCUT2D eigenvalue weighted by atomic mass is 16.6. The number of carboxylic acid groups (broad SMARTS) is 1. The molecule has 2 amide bonds. The lowest BCUT2D eigenvalue weighted by molar-refractivity contribution is -0.143. The first-order valence-corrected chi connectivity index (χ1v) is 20.2. The number of carbonyl (C=O) groups is 3. The zero-order valence-electron chi connectivity index (χ0n) is 34.8. The number of hydrogen-bond acceptors (Lipinski definition) is 6. The number of hydrogen-bond donors (Lipinski definition) is 5. The van der Waals surface area contributed by atoms with Gasteiger partial charge in [0.15, 0.2) is 0 Å². The predicted molar refractivity (Wildman–Crippen MR) is 227 cm³/mol. The molecular weight excluding hydrogens is 733 g/mol. The fraction of sp³-hybridized carbons (Fsp3) is 0.413. The van der Waals surface area contributed by atoms with Gasteiger partial charge < -0.3 is 34.8 Å². The maximum absolute atomic E-state index is 12.4. The number of aromatic nitrogens is 3. The van der Waals surface area contributed by atoms with Gasteiger partial charge in [0.1, 0.15) is 17.2 Å². The van der Waals surface area contributed by atoms with Crippen LogP contribution in [0.4, 0.5) is 9.59 Å². The molecule has 0 unspecified atom stereocenters. The highest BCUT2D eigenvalue weighted by Gasteiger charge is 2.38. The number of nitrogens with one attached hydrogen (secondary N) is 4. The van der Waals surface area contributed by atoms with E-state index in [2.05, 4.69) is 76.6 Å². The van der Waals surface area contributed by atoms with E-state index in [4.69, 9.17) is 9.47 Å². The zero-order valence-corrected chi connectivity index (χ0v) is 34.8. The van der Waals surface area contributed by atoms with Crippen molar-refractivity contribution in [2.45, 2.75) is 124 Å². The number of H-pyrrole nitrogens is 3. The number of rotatable bonds is 1. The Bertz CT molecular complexity index is 2460. The van der Waals surface area contributed by atoms with Gasteiger partial charge in [-0.1, -0.05) is 54.6 Å². The first-order valence-electron chi connectivity index (χ1n) is 20.2. The molecule has 3 aromatic heterocycles. The molecule has 3 atom stereocenters. The SMILES string of the molecule is CC(C)(C)OC(=O)N1Cc2[nH]c3ccccc3c2C[C@H]1C(=O)O.C[C@@H]1Cc2c([nH]c3ccccc23)CN1.C[C@@H]1Cc2c([nH]c3ccccc23)CN1C(=O)OC(C)(C)C. The molecule has 9 rings (SSSR count). The van der Waals surface area contributed by atoms with Crippen molar-refractivity contribution in [1.82, 2.24) is 30.1 Å². The van der Waals surface area contributed by atoms with Crippen LogP contribution < -0.4 is 5.32 Å². The van der Waals surface area contributed by atoms with E-state index >= 15 is 0 Å². The first-order chi connectivity index (χ1) is 27.5. The maximum Gasteiger partial charge on any atom is 0.411 e. The van der Waals surface area contributed by atoms with Crippen LogP contribution in [0.15, 0.2) is 72.8 Å². The number of fused-ring (bicyclic) bond motifs is 9. The van der Waals surface area contributed by atoms with Gasteiger partial charge in [-0.15, -0.1) is 0 Å². The molecule has 3 aromatic carbocycles. The number of amides is 2. The predicted octanol–water partition coefficient (Wildman–Crippen LogP) is 8.97. The summed E-state index contributed by atoms with van der Waals surface area (Å²) in [7, 11) is 0. The van der Waals surface area contributed by atoms with Gasteiger partial charge in [0.2, 0.25) is 0 Å². The second-order valence-corrected chi connectivity index (χ2v) is 17.7. The van der Waals surface area contributed by atoms with Crippen LogP contribution in [0.25, 0.3) is 32.7 Å². The van der Waals surface area contributed by atoms with E-state index in [1.165, 1.54) is 38.0 Å². The molecule has 5 N–H and O–H groups in total. The molecule has 0 fully saturated rings. The molecule has 0 saturated carbocycles. The second-order valence-electron chi connectivity index (χ2n) is 17.7. The van der Waals surface area contributed by atoms with Gasteiger partial charge in [0.25, 0.3) is 0 Å². The summed E-state index contributed by atoms with van der Waals surface area (Å²) in [5.74, 6) is -1.02. The van der Waals surface area contributed by atoms with E-state index in [9.17, 15) is 19.5 Å². The topological polar surface area (TPSA) is 156 Å². The number of nitrogens with zero attached hydrogens (tertiary/aromatic N) is 2. The molecule has 6 aromatic rings. The molecule has 0 radical (unpaired) electrons. The Hall–Kier alpha value is -5.75. The van der Waals surface area contributed by atoms with E-state index in [0.29, 0.717) is 12.6 Å². The molecule has 3 aliphatic heterocycles. The van der Waals surface area contributed by atoms with Crippen LogP contribution in [0, 0.1) is 0 Å². The summed E-state index contributed by atoms with van der Waals surface area (Å²) in [5.41, 5.74) is 9.40. The lowest BCUT2D eigenvalue weighted by Gasteiger charge is -2.34. The van der Waals surface area contributed by atoms with Crippen LogP contribution >= 0.6 is 0 Å². The molecule has 58 heavy (non-hydrogen) atoms. The van der Waals surface area contributed by atoms with Gasteiger partial charge in [0.05, 0.1) is 13.1 Å². The third-order valence-corrected chi connectivity index (χ3v) is 10.8. The van der Waals surface area contributed by atoms with Gasteiger partial charge in [0, 0.05) is 74.8 Å². The van der Waals surface area contributed by atoms with Crippen molar-refractivity contribution < 1.29 is 29.0 Å². The van der Waals surface area contributed by atoms with E-state index < -0.39 is 29.3 Å². The molecule has 0 aliphatic carbocycles. The van der Waals surface area contributed by atoms with Crippen LogP contribution in [0.1, 0.15) is 89.2 Å². The van der Waals surface area contributed by atoms with Crippen molar-refractivity contribution in [3.05, 3.63) is 107 Å². The summed E-state index contributed by atoms with van der Waals surface area (Å²) in [4.78, 5) is 49.6. The van der Waals surface area contributed by atoms with E-state index in [1.807, 2.05) is 56.0 Å². The van der Waals surface area contributed by atoms with Crippen molar-refractivity contribution >= 4 is 50.9 Å². The van der Waals surface area contributed by atoms with Gasteiger partial charge in [-0.3, -0.25) is 9.80 Å². The molecule has 6 heterocycles. The first kappa shape index (κ1) is 40.4. The monoisotopic (exact) mass is 788 g/mol. The molecule has 12 heteroatoms. The van der Waals surface area contributed by atoms with Crippen LogP contribution in [0.2, 0.25) is 0 Å². The Morgan fingerprint density at radius 1 is 0.603 bits per heavy atom. The van der Waals surface area contributed by atoms with Gasteiger partial charge in [-0.05, 0) is 103 Å². The number of aliphatic carboxylic acids is 1. The standard InChI is InChI=1S/C17H20N2O4.C17H22N2O2.C12H14N2/c1-17(2,3)23-16(22)19-9-13-11(8-14(19)15(20)21)10-6-4-5-7-12(10)18-13;1-11-9-13-12-7-5-6-8-14(12)18-15(13)10-19(11)16(20)21-17(2,3)4;1-8-6-10-9-4-2-3-5-11(9)14-12(10)7-13-8/h4-7,14,18H,8-9H2,1-3H3,(H,20,21);5-8,11,18H,9-10H2,1-4H3;2-5,8,13-14H,6-7H2,1H3/t14-;11-;8-/m011/s1. The minimum Gasteiger partial charge on any atom is -0.480 e. The summed E-state index contributed by atoms with van der Waals surface area (Å²) in [6, 6.07) is 24.4. The maximum atomic E-state index is 12.4. The lowest BCUT2D eigenvalue weighted by atomic mass is 9.97. The summed E-state index contributed by atoms with van der Waals surface area (Å²) in [5, 5.41) is 16.7. The summed E-state index contributed by atoms with van der Waals surface area (Å²) < 4.78 is 10.9. The lowest BCUT2D eigenvalue weighted by Crippen LogP contribution is -2.50. The molecule has 3 aliphatic rings. The van der Waals surface area contributed by atoms with Gasteiger partial charge in [-0.2, -0.15) is 0 Å². The Morgan fingerprint density at radius 3 is 1.50 bits per heavy atom. The van der Waals surface area contributed by atoms with Crippen molar-refractivity contribution in [1.29, 1.82) is 0 Å². The van der Waals surface area contributed by atoms with Gasteiger partial charge >= 0.3 is 18.2 Å². The van der Waals surface area contributed by atoms with E-state index in [-0.39, 0.29) is 25.1 Å². The average Bonchev–Trinajstić information content (AvgIpc) is 3.83. The molecule has 12 nitrogen and oxygen atoms in total. The molecule has 306 valence electrons. The largest absolute Gasteiger partial charge is 0.480 e. The Labute approximate surface area is 339 Å². The third kappa shape index (κ3) is 8.72. The summed E-state index contributed by atoms with van der Waals surface area (Å²) in [6.45, 7) is 17.1. The summed E-state index contributed by atoms with van der Waals surface area (Å²) in [6.07, 6.45) is 1.43. The number of aromatic amines is 3. The van der Waals surface area contributed by atoms with Crippen LogP contribution in [0.5, 0.6) is 0 Å². The Kier molecular flexibility index (Phi) is 11.1. The fourth-order valence-electron chi connectivity index (χ4n) is 8.16. The molecule has 0 spiro atoms. The van der Waals surface area contributed by atoms with Crippen LogP contribution in [0.3, 0.4) is 0 Å². The highest BCUT2D eigenvalue weighted by Crippen LogP contribution is 2.33. The quantitative estimate of drug-likeness (QED) is 0.111. The van der Waals surface area contributed by atoms with Crippen LogP contribution in [-0.2, 0) is 53.2 Å². The number of carboxylic acids is 1. The van der Waals surface area contributed by atoms with Gasteiger partial charge in [-0.25, -0.2) is 14.4 Å². The number of benzene rings is 3. The Balaban J connectivity index is 0.000000136. The second kappa shape index (κ2) is 15.9. The molecule has 0 saturated heterocycles. The van der Waals surface area contributed by atoms with E-state index in [1.54, 1.807) is 20.8 Å². The number of para-hydroxylation sites is 3. The van der Waals surface area contributed by atoms with Crippen molar-refractivity contribution in [2.24, 2.45) is 0 Å². The van der Waals surface area contributed by atoms with Crippen molar-refractivity contribution in [3.63, 3.8) is 0 Å². The molecular formula is C46H56N6O6. The normalized spacial score (nSPS) is 18.9. The minimum absolute atomic E-state index is 0.145. The van der Waals surface area contributed by atoms with Crippen LogP contribution in [-0.4, -0.2) is 77.3 Å². The smallest absolute Gasteiger partial charge is 0.411 e. The number of carbonyl (C=O) groups excluding carboxylic acids is 2. The van der Waals surface area contributed by atoms with Crippen molar-refractivity contribution in [3.8, 4) is 0 Å². The fourth-order valence-corrected chi connectivity index (χ4v) is 8.16. The zero-order chi connectivity index (χ0) is 41.5. The summed E-state index contributed by atoms with van der Waals surface area (Å²) >= 11 is 0. The Morgan fingerprint density at radius 2 is 1.02 bits per heavy atom. The van der Waals surface area contributed by atoms with E-state index in [0.717, 1.165) is 52.8 Å². The molecule has 0 bridgehead atoms. The van der Waals surface area contributed by atoms with Crippen molar-refractivity contribution in [2.75, 3.05) is 0 Å².